The van der Waals surface area contributed by atoms with Crippen molar-refractivity contribution in [3.63, 3.8) is 0 Å². The summed E-state index contributed by atoms with van der Waals surface area (Å²) >= 11 is 0. The predicted octanol–water partition coefficient (Wildman–Crippen LogP) is 6.99. The van der Waals surface area contributed by atoms with Gasteiger partial charge in [-0.2, -0.15) is 57.1 Å². The van der Waals surface area contributed by atoms with Gasteiger partial charge in [0.1, 0.15) is 0 Å². The molecule has 1 aromatic carbocycles. The lowest BCUT2D eigenvalue weighted by Gasteiger charge is -2.39. The largest absolute Gasteiger partial charge is 0.460 e. The van der Waals surface area contributed by atoms with Crippen molar-refractivity contribution >= 4 is 5.91 Å². The first-order chi connectivity index (χ1) is 15.1. The minimum Gasteiger partial charge on any atom is -0.285 e. The lowest BCUT2D eigenvalue weighted by molar-refractivity contribution is -0.441. The number of nitrogens with zero attached hydrogens (tertiary/aromatic N) is 1. The molecule has 1 aromatic heterocycles. The molecule has 34 heavy (non-hydrogen) atoms. The predicted molar refractivity (Wildman–Crippen MR) is 89.8 cm³/mol. The smallest absolute Gasteiger partial charge is 0.285 e. The Bertz CT molecular complexity index is 1070. The fraction of sp³-hybridized carbons (Fsp3) is 0.421. The van der Waals surface area contributed by atoms with E-state index in [4.69, 9.17) is 0 Å². The number of alkyl halides is 13. The van der Waals surface area contributed by atoms with Crippen molar-refractivity contribution < 1.29 is 61.9 Å². The third-order valence-electron chi connectivity index (χ3n) is 4.93. The van der Waals surface area contributed by atoms with Crippen molar-refractivity contribution in [3.8, 4) is 0 Å². The Hall–Kier alpha value is -2.74. The molecule has 2 aromatic rings. The van der Waals surface area contributed by atoms with E-state index in [0.717, 1.165) is 19.1 Å². The Morgan fingerprint density at radius 2 is 1.12 bits per heavy atom. The molecule has 0 spiro atoms. The van der Waals surface area contributed by atoms with E-state index in [2.05, 4.69) is 0 Å². The van der Waals surface area contributed by atoms with Crippen molar-refractivity contribution in [3.05, 3.63) is 58.9 Å². The fourth-order valence-electron chi connectivity index (χ4n) is 3.04. The van der Waals surface area contributed by atoms with Crippen LogP contribution < -0.4 is 0 Å². The Balaban J connectivity index is 2.66. The zero-order chi connectivity index (χ0) is 26.7. The van der Waals surface area contributed by atoms with Crippen LogP contribution in [0.15, 0.2) is 36.4 Å². The molecule has 0 fully saturated rings. The van der Waals surface area contributed by atoms with Gasteiger partial charge in [-0.25, -0.2) is 0 Å². The van der Waals surface area contributed by atoms with E-state index in [1.807, 2.05) is 0 Å². The molecule has 0 unspecified atom stereocenters. The average Bonchev–Trinajstić information content (AvgIpc) is 3.01. The molecule has 2 rings (SSSR count). The van der Waals surface area contributed by atoms with Gasteiger partial charge in [-0.15, -0.1) is 0 Å². The van der Waals surface area contributed by atoms with Gasteiger partial charge in [0, 0.05) is 22.5 Å². The van der Waals surface area contributed by atoms with Crippen LogP contribution in [0, 0.1) is 13.8 Å². The van der Waals surface area contributed by atoms with Gasteiger partial charge < -0.3 is 0 Å². The number of carbonyl (C=O) groups excluding carboxylic acids is 1. The van der Waals surface area contributed by atoms with Crippen molar-refractivity contribution in [2.45, 2.75) is 49.6 Å². The number of aryl methyl sites for hydroxylation is 1. The van der Waals surface area contributed by atoms with Gasteiger partial charge in [-0.1, -0.05) is 18.2 Å². The van der Waals surface area contributed by atoms with Crippen molar-refractivity contribution in [1.82, 2.24) is 4.57 Å². The van der Waals surface area contributed by atoms with Crippen LogP contribution >= 0.6 is 0 Å². The molecule has 2 nitrogen and oxygen atoms in total. The molecule has 0 saturated carbocycles. The first kappa shape index (κ1) is 27.5. The molecular formula is C19H12F13NO. The van der Waals surface area contributed by atoms with Crippen LogP contribution in [-0.4, -0.2) is 40.3 Å². The van der Waals surface area contributed by atoms with E-state index < -0.39 is 58.6 Å². The second kappa shape index (κ2) is 7.90. The summed E-state index contributed by atoms with van der Waals surface area (Å²) in [5.74, 6) is -38.7. The highest BCUT2D eigenvalue weighted by molar-refractivity contribution is 5.97. The Kier molecular flexibility index (Phi) is 6.39. The normalized spacial score (nSPS) is 14.4. The topological polar surface area (TPSA) is 22.0 Å². The minimum atomic E-state index is -7.99. The van der Waals surface area contributed by atoms with Gasteiger partial charge in [-0.05, 0) is 32.0 Å². The zero-order valence-electron chi connectivity index (χ0n) is 16.7. The second-order valence-electron chi connectivity index (χ2n) is 7.16. The molecule has 15 heteroatoms. The number of aromatic nitrogens is 1. The summed E-state index contributed by atoms with van der Waals surface area (Å²) in [4.78, 5) is 12.5. The van der Waals surface area contributed by atoms with E-state index in [9.17, 15) is 61.9 Å². The molecule has 0 N–H and O–H groups in total. The highest BCUT2D eigenvalue weighted by Crippen LogP contribution is 2.62. The Morgan fingerprint density at radius 1 is 0.676 bits per heavy atom. The van der Waals surface area contributed by atoms with Crippen LogP contribution in [0.4, 0.5) is 57.1 Å². The van der Waals surface area contributed by atoms with Crippen LogP contribution in [0.1, 0.15) is 27.3 Å². The SMILES string of the molecule is Cc1cc(C(F)(F)C(F)(F)C(F)(F)C(F)(F)C(F)(F)C(F)(F)F)c(C)n1C(=O)c1ccccc1. The molecule has 0 atom stereocenters. The van der Waals surface area contributed by atoms with Crippen LogP contribution in [-0.2, 0) is 5.92 Å². The van der Waals surface area contributed by atoms with E-state index in [1.54, 1.807) is 0 Å². The summed E-state index contributed by atoms with van der Waals surface area (Å²) < 4.78 is 175. The summed E-state index contributed by atoms with van der Waals surface area (Å²) in [6.45, 7) is 1.41. The summed E-state index contributed by atoms with van der Waals surface area (Å²) in [5.41, 5.74) is -4.11. The molecule has 0 saturated heterocycles. The van der Waals surface area contributed by atoms with Gasteiger partial charge in [0.05, 0.1) is 0 Å². The molecule has 0 amide bonds. The van der Waals surface area contributed by atoms with E-state index in [-0.39, 0.29) is 11.6 Å². The minimum absolute atomic E-state index is 0.0280. The Labute approximate surface area is 182 Å². The van der Waals surface area contributed by atoms with Crippen molar-refractivity contribution in [2.75, 3.05) is 0 Å². The van der Waals surface area contributed by atoms with Crippen LogP contribution in [0.25, 0.3) is 0 Å². The summed E-state index contributed by atoms with van der Waals surface area (Å²) in [6.07, 6.45) is -7.48. The summed E-state index contributed by atoms with van der Waals surface area (Å²) in [5, 5.41) is 0. The maximum absolute atomic E-state index is 14.6. The van der Waals surface area contributed by atoms with Gasteiger partial charge in [0.25, 0.3) is 5.91 Å². The maximum Gasteiger partial charge on any atom is 0.460 e. The molecule has 0 bridgehead atoms. The molecule has 0 aliphatic carbocycles. The second-order valence-corrected chi connectivity index (χ2v) is 7.16. The van der Waals surface area contributed by atoms with E-state index in [0.29, 0.717) is 11.5 Å². The lowest BCUT2D eigenvalue weighted by atomic mass is 9.90. The highest BCUT2D eigenvalue weighted by Gasteiger charge is 2.91. The third kappa shape index (κ3) is 3.63. The van der Waals surface area contributed by atoms with Gasteiger partial charge in [0.15, 0.2) is 0 Å². The number of rotatable bonds is 6. The van der Waals surface area contributed by atoms with Crippen molar-refractivity contribution in [1.29, 1.82) is 0 Å². The standard InChI is InChI=1S/C19H12F13NO/c1-9-8-12(10(2)33(9)13(34)11-6-4-3-5-7-11)14(20,21)15(22,23)16(24,25)17(26,27)18(28,29)19(30,31)32/h3-8H,1-2H3. The number of benzene rings is 1. The fourth-order valence-corrected chi connectivity index (χ4v) is 3.04. The van der Waals surface area contributed by atoms with Crippen LogP contribution in [0.3, 0.4) is 0 Å². The van der Waals surface area contributed by atoms with Gasteiger partial charge in [0.2, 0.25) is 0 Å². The summed E-state index contributed by atoms with van der Waals surface area (Å²) in [7, 11) is 0. The number of hydrogen-bond acceptors (Lipinski definition) is 1. The van der Waals surface area contributed by atoms with Crippen molar-refractivity contribution in [2.24, 2.45) is 0 Å². The van der Waals surface area contributed by atoms with E-state index >= 15 is 0 Å². The van der Waals surface area contributed by atoms with Gasteiger partial charge >= 0.3 is 35.8 Å². The lowest BCUT2D eigenvalue weighted by Crippen LogP contribution is -2.69. The van der Waals surface area contributed by atoms with Crippen LogP contribution in [0.2, 0.25) is 0 Å². The first-order valence-corrected chi connectivity index (χ1v) is 8.82. The summed E-state index contributed by atoms with van der Waals surface area (Å²) in [6, 6.07) is 6.40. The monoisotopic (exact) mass is 517 g/mol. The number of hydrogen-bond donors (Lipinski definition) is 0. The third-order valence-corrected chi connectivity index (χ3v) is 4.93. The number of halogens is 13. The molecule has 0 aliphatic rings. The quantitative estimate of drug-likeness (QED) is 0.379. The van der Waals surface area contributed by atoms with E-state index in [1.165, 1.54) is 18.2 Å². The molecular weight excluding hydrogens is 505 g/mol. The maximum atomic E-state index is 14.6. The molecule has 190 valence electrons. The highest BCUT2D eigenvalue weighted by atomic mass is 19.4. The first-order valence-electron chi connectivity index (χ1n) is 8.82. The average molecular weight is 517 g/mol. The van der Waals surface area contributed by atoms with Gasteiger partial charge in [-0.3, -0.25) is 9.36 Å². The van der Waals surface area contributed by atoms with Crippen LogP contribution in [0.5, 0.6) is 0 Å². The molecule has 1 heterocycles. The number of carbonyl (C=O) groups is 1. The Morgan fingerprint density at radius 3 is 1.56 bits per heavy atom. The molecule has 0 radical (unpaired) electrons. The molecule has 0 aliphatic heterocycles. The zero-order valence-corrected chi connectivity index (χ0v) is 16.7.